The second-order valence-electron chi connectivity index (χ2n) is 8.61. The molecule has 1 aromatic carbocycles. The average Bonchev–Trinajstić information content (AvgIpc) is 3.04. The quantitative estimate of drug-likeness (QED) is 0.438. The number of para-hydroxylation sites is 1. The van der Waals surface area contributed by atoms with Crippen molar-refractivity contribution in [2.24, 2.45) is 0 Å². The summed E-state index contributed by atoms with van der Waals surface area (Å²) >= 11 is 0. The molecule has 0 saturated carbocycles. The molecule has 0 bridgehead atoms. The first-order valence-corrected chi connectivity index (χ1v) is 13.3. The average molecular weight is 373 g/mol. The Morgan fingerprint density at radius 2 is 1.67 bits per heavy atom. The molecule has 3 heterocycles. The highest BCUT2D eigenvalue weighted by Gasteiger charge is 2.26. The van der Waals surface area contributed by atoms with Crippen molar-refractivity contribution in [1.29, 1.82) is 0 Å². The Morgan fingerprint density at radius 3 is 2.48 bits per heavy atom. The van der Waals surface area contributed by atoms with Gasteiger partial charge in [-0.2, -0.15) is 0 Å². The van der Waals surface area contributed by atoms with Crippen molar-refractivity contribution < 1.29 is 4.42 Å². The predicted molar refractivity (Wildman–Crippen MR) is 114 cm³/mol. The molecule has 4 heteroatoms. The number of hydrogen-bond acceptors (Lipinski definition) is 3. The molecule has 0 atom stereocenters. The minimum absolute atomic E-state index is 0.701. The smallest absolute Gasteiger partial charge is 0.227 e. The third kappa shape index (κ3) is 2.70. The summed E-state index contributed by atoms with van der Waals surface area (Å²) in [5.41, 5.74) is 6.84. The largest absolute Gasteiger partial charge is 0.438 e. The van der Waals surface area contributed by atoms with Crippen molar-refractivity contribution >= 4 is 35.3 Å². The highest BCUT2D eigenvalue weighted by atomic mass is 28.3. The molecule has 0 fully saturated rings. The normalized spacial score (nSPS) is 14.6. The van der Waals surface area contributed by atoms with Gasteiger partial charge in [0.25, 0.3) is 0 Å². The summed E-state index contributed by atoms with van der Waals surface area (Å²) in [5.74, 6) is 0. The van der Waals surface area contributed by atoms with Crippen molar-refractivity contribution in [2.45, 2.75) is 45.3 Å². The Labute approximate surface area is 160 Å². The van der Waals surface area contributed by atoms with Gasteiger partial charge in [0.15, 0.2) is 0 Å². The maximum atomic E-state index is 5.89. The summed E-state index contributed by atoms with van der Waals surface area (Å²) in [7, 11) is -1.40. The van der Waals surface area contributed by atoms with E-state index in [1.54, 1.807) is 5.56 Å². The van der Waals surface area contributed by atoms with Crippen LogP contribution >= 0.6 is 0 Å². The number of rotatable bonds is 2. The molecule has 1 aliphatic carbocycles. The summed E-state index contributed by atoms with van der Waals surface area (Å²) < 4.78 is 5.89. The van der Waals surface area contributed by atoms with Crippen molar-refractivity contribution in [1.82, 2.24) is 9.97 Å². The van der Waals surface area contributed by atoms with E-state index >= 15 is 0 Å². The first-order valence-electron chi connectivity index (χ1n) is 9.81. The van der Waals surface area contributed by atoms with Crippen LogP contribution in [0.5, 0.6) is 0 Å². The molecule has 0 radical (unpaired) electrons. The summed E-state index contributed by atoms with van der Waals surface area (Å²) in [6.45, 7) is 7.26. The molecule has 1 aliphatic rings. The van der Waals surface area contributed by atoms with Gasteiger partial charge in [-0.25, -0.2) is 4.98 Å². The molecule has 27 heavy (non-hydrogen) atoms. The van der Waals surface area contributed by atoms with Crippen molar-refractivity contribution in [3.8, 4) is 11.3 Å². The second-order valence-corrected chi connectivity index (χ2v) is 13.6. The van der Waals surface area contributed by atoms with Crippen LogP contribution in [0.1, 0.15) is 24.0 Å². The van der Waals surface area contributed by atoms with Gasteiger partial charge in [-0.15, -0.1) is 0 Å². The molecule has 0 saturated heterocycles. The summed E-state index contributed by atoms with van der Waals surface area (Å²) in [6.07, 6.45) is 8.94. The zero-order valence-electron chi connectivity index (χ0n) is 16.2. The molecule has 0 unspecified atom stereocenters. The van der Waals surface area contributed by atoms with E-state index in [1.165, 1.54) is 30.0 Å². The van der Waals surface area contributed by atoms with Crippen molar-refractivity contribution in [3.05, 3.63) is 53.9 Å². The minimum atomic E-state index is -1.40. The van der Waals surface area contributed by atoms with Gasteiger partial charge in [-0.3, -0.25) is 4.98 Å². The fraction of sp³-hybridized carbons (Fsp3) is 0.304. The van der Waals surface area contributed by atoms with Gasteiger partial charge in [0, 0.05) is 28.7 Å². The monoisotopic (exact) mass is 372 g/mol. The molecule has 0 amide bonds. The lowest BCUT2D eigenvalue weighted by Crippen LogP contribution is -2.42. The van der Waals surface area contributed by atoms with Gasteiger partial charge in [-0.05, 0) is 54.1 Å². The fourth-order valence-corrected chi connectivity index (χ4v) is 6.02. The number of fused-ring (bicyclic) bond motifs is 4. The number of aromatic nitrogens is 2. The van der Waals surface area contributed by atoms with Crippen LogP contribution in [0.3, 0.4) is 0 Å². The molecule has 0 aliphatic heterocycles. The summed E-state index contributed by atoms with van der Waals surface area (Å²) in [5, 5.41) is 3.72. The number of hydrogen-bond donors (Lipinski definition) is 0. The third-order valence-corrected chi connectivity index (χ3v) is 7.76. The topological polar surface area (TPSA) is 38.9 Å². The van der Waals surface area contributed by atoms with Crippen LogP contribution in [0, 0.1) is 0 Å². The minimum Gasteiger partial charge on any atom is -0.438 e. The van der Waals surface area contributed by atoms with Gasteiger partial charge in [0.05, 0.1) is 13.8 Å². The fourth-order valence-electron chi connectivity index (χ4n) is 4.38. The Kier molecular flexibility index (Phi) is 3.73. The van der Waals surface area contributed by atoms with Gasteiger partial charge >= 0.3 is 0 Å². The van der Waals surface area contributed by atoms with E-state index in [4.69, 9.17) is 9.40 Å². The number of nitrogens with zero attached hydrogens (tertiary/aromatic N) is 2. The first kappa shape index (κ1) is 16.7. The van der Waals surface area contributed by atoms with E-state index in [2.05, 4.69) is 43.0 Å². The van der Waals surface area contributed by atoms with E-state index in [1.807, 2.05) is 24.4 Å². The van der Waals surface area contributed by atoms with Gasteiger partial charge in [-0.1, -0.05) is 37.8 Å². The zero-order chi connectivity index (χ0) is 18.6. The molecule has 4 aromatic rings. The van der Waals surface area contributed by atoms with E-state index < -0.39 is 8.07 Å². The van der Waals surface area contributed by atoms with Gasteiger partial charge < -0.3 is 4.42 Å². The Balaban J connectivity index is 1.74. The van der Waals surface area contributed by atoms with Crippen LogP contribution in [0.2, 0.25) is 19.6 Å². The maximum absolute atomic E-state index is 5.89. The first-order chi connectivity index (χ1) is 13.0. The maximum Gasteiger partial charge on any atom is 0.227 e. The Hall–Kier alpha value is -2.46. The van der Waals surface area contributed by atoms with E-state index in [0.717, 1.165) is 34.0 Å². The molecular weight excluding hydrogens is 348 g/mol. The van der Waals surface area contributed by atoms with Crippen LogP contribution in [-0.2, 0) is 12.8 Å². The van der Waals surface area contributed by atoms with Crippen LogP contribution < -0.4 is 5.19 Å². The Morgan fingerprint density at radius 1 is 0.889 bits per heavy atom. The van der Waals surface area contributed by atoms with E-state index in [0.29, 0.717) is 5.71 Å². The number of furan rings is 1. The molecule has 5 rings (SSSR count). The molecular formula is C23H24N2OSi. The lowest BCUT2D eigenvalue weighted by atomic mass is 9.89. The number of pyridine rings is 2. The molecule has 0 N–H and O–H groups in total. The van der Waals surface area contributed by atoms with E-state index in [-0.39, 0.29) is 0 Å². The van der Waals surface area contributed by atoms with Crippen molar-refractivity contribution in [3.63, 3.8) is 0 Å². The third-order valence-electron chi connectivity index (χ3n) is 5.72. The molecule has 3 aromatic heterocycles. The van der Waals surface area contributed by atoms with Gasteiger partial charge in [0.1, 0.15) is 5.58 Å². The number of benzene rings is 1. The highest BCUT2D eigenvalue weighted by Crippen LogP contribution is 2.34. The van der Waals surface area contributed by atoms with Crippen LogP contribution in [-0.4, -0.2) is 18.0 Å². The zero-order valence-corrected chi connectivity index (χ0v) is 17.2. The summed E-state index contributed by atoms with van der Waals surface area (Å²) in [4.78, 5) is 9.58. The predicted octanol–water partition coefficient (Wildman–Crippen LogP) is 5.47. The molecule has 0 spiro atoms. The lowest BCUT2D eigenvalue weighted by molar-refractivity contribution is 0.654. The van der Waals surface area contributed by atoms with Crippen molar-refractivity contribution in [2.75, 3.05) is 0 Å². The van der Waals surface area contributed by atoms with Crippen LogP contribution in [0.25, 0.3) is 33.3 Å². The van der Waals surface area contributed by atoms with Gasteiger partial charge in [0.2, 0.25) is 5.71 Å². The standard InChI is InChI=1S/C23H24N2OSi/c1-27(2,3)21-14-24-22(18-10-5-4-9-17(18)21)15-12-19-16-8-6-7-11-20(16)26-23(19)25-13-15/h6-8,11-14H,4-5,9-10H2,1-3H3. The van der Waals surface area contributed by atoms with Crippen LogP contribution in [0.15, 0.2) is 47.1 Å². The molecule has 136 valence electrons. The highest BCUT2D eigenvalue weighted by molar-refractivity contribution is 6.89. The van der Waals surface area contributed by atoms with Crippen LogP contribution in [0.4, 0.5) is 0 Å². The SMILES string of the molecule is C[Si](C)(C)c1cnc(-c2cnc3oc4ccccc4c3c2)c2c1CCCC2. The lowest BCUT2D eigenvalue weighted by Gasteiger charge is -2.27. The summed E-state index contributed by atoms with van der Waals surface area (Å²) in [6, 6.07) is 10.4. The molecule has 3 nitrogen and oxygen atoms in total. The van der Waals surface area contributed by atoms with E-state index in [9.17, 15) is 0 Å². The second kappa shape index (κ2) is 6.03. The Bertz CT molecular complexity index is 1170.